The number of benzene rings is 2. The van der Waals surface area contributed by atoms with Gasteiger partial charge in [0.2, 0.25) is 0 Å². The Bertz CT molecular complexity index is 777. The Balaban J connectivity index is 1.81. The van der Waals surface area contributed by atoms with E-state index >= 15 is 0 Å². The van der Waals surface area contributed by atoms with Gasteiger partial charge in [0.25, 0.3) is 0 Å². The van der Waals surface area contributed by atoms with Crippen LogP contribution in [0, 0.1) is 6.92 Å². The third kappa shape index (κ3) is 2.32. The molecule has 0 atom stereocenters. The molecule has 0 spiro atoms. The number of aryl methyl sites for hydroxylation is 1. The van der Waals surface area contributed by atoms with Crippen LogP contribution in [0.1, 0.15) is 16.7 Å². The van der Waals surface area contributed by atoms with Crippen LogP contribution in [-0.2, 0) is 20.8 Å². The minimum absolute atomic E-state index is 0.111. The second-order valence-electron chi connectivity index (χ2n) is 4.71. The number of hydrogen-bond donors (Lipinski definition) is 0. The lowest BCUT2D eigenvalue weighted by atomic mass is 9.87. The van der Waals surface area contributed by atoms with Crippen molar-refractivity contribution in [2.45, 2.75) is 18.2 Å². The molecule has 5 heteroatoms. The molecular formula is C15H13NO3S. The summed E-state index contributed by atoms with van der Waals surface area (Å²) in [6, 6.07) is 14.2. The van der Waals surface area contributed by atoms with E-state index in [0.29, 0.717) is 12.1 Å². The minimum atomic E-state index is -3.84. The molecular weight excluding hydrogens is 274 g/mol. The van der Waals surface area contributed by atoms with Crippen LogP contribution in [0.25, 0.3) is 0 Å². The first-order valence-corrected chi connectivity index (χ1v) is 7.62. The zero-order valence-corrected chi connectivity index (χ0v) is 11.7. The third-order valence-electron chi connectivity index (χ3n) is 3.24. The molecule has 0 radical (unpaired) electrons. The average Bonchev–Trinajstić information content (AvgIpc) is 2.40. The molecule has 102 valence electrons. The molecule has 3 rings (SSSR count). The van der Waals surface area contributed by atoms with E-state index in [4.69, 9.17) is 4.28 Å². The predicted molar refractivity (Wildman–Crippen MR) is 76.1 cm³/mol. The van der Waals surface area contributed by atoms with Gasteiger partial charge in [-0.2, -0.15) is 8.42 Å². The van der Waals surface area contributed by atoms with Gasteiger partial charge in [0.15, 0.2) is 0 Å². The van der Waals surface area contributed by atoms with E-state index in [1.54, 1.807) is 12.1 Å². The van der Waals surface area contributed by atoms with Gasteiger partial charge in [-0.1, -0.05) is 47.1 Å². The second-order valence-corrected chi connectivity index (χ2v) is 6.24. The van der Waals surface area contributed by atoms with Gasteiger partial charge in [-0.05, 0) is 24.6 Å². The SMILES string of the molecule is Cc1ccc(S(=O)(=O)ON=C2Cc3ccccc32)cc1. The van der Waals surface area contributed by atoms with Crippen molar-refractivity contribution in [1.82, 2.24) is 0 Å². The van der Waals surface area contributed by atoms with Crippen LogP contribution >= 0.6 is 0 Å². The molecule has 20 heavy (non-hydrogen) atoms. The van der Waals surface area contributed by atoms with Crippen molar-refractivity contribution < 1.29 is 12.7 Å². The molecule has 2 aromatic rings. The highest BCUT2D eigenvalue weighted by Crippen LogP contribution is 2.24. The summed E-state index contributed by atoms with van der Waals surface area (Å²) in [6.07, 6.45) is 0.638. The van der Waals surface area contributed by atoms with E-state index in [0.717, 1.165) is 16.7 Å². The number of fused-ring (bicyclic) bond motifs is 1. The fourth-order valence-electron chi connectivity index (χ4n) is 2.05. The van der Waals surface area contributed by atoms with Crippen molar-refractivity contribution in [1.29, 1.82) is 0 Å². The molecule has 1 aliphatic carbocycles. The summed E-state index contributed by atoms with van der Waals surface area (Å²) in [5.74, 6) is 0. The molecule has 0 saturated carbocycles. The van der Waals surface area contributed by atoms with E-state index in [1.165, 1.54) is 12.1 Å². The lowest BCUT2D eigenvalue weighted by Gasteiger charge is -2.19. The van der Waals surface area contributed by atoms with Gasteiger partial charge in [0, 0.05) is 12.0 Å². The van der Waals surface area contributed by atoms with Crippen molar-refractivity contribution >= 4 is 15.8 Å². The fraction of sp³-hybridized carbons (Fsp3) is 0.133. The standard InChI is InChI=1S/C15H13NO3S/c1-11-6-8-13(9-7-11)20(17,18)19-16-15-10-12-4-2-3-5-14(12)15/h2-9H,10H2,1H3. The minimum Gasteiger partial charge on any atom is -0.264 e. The summed E-state index contributed by atoms with van der Waals surface area (Å²) in [6.45, 7) is 1.89. The summed E-state index contributed by atoms with van der Waals surface area (Å²) in [5.41, 5.74) is 3.76. The van der Waals surface area contributed by atoms with Crippen LogP contribution < -0.4 is 0 Å². The van der Waals surface area contributed by atoms with Crippen molar-refractivity contribution in [3.63, 3.8) is 0 Å². The van der Waals surface area contributed by atoms with Crippen molar-refractivity contribution in [2.24, 2.45) is 5.16 Å². The van der Waals surface area contributed by atoms with E-state index < -0.39 is 10.1 Å². The van der Waals surface area contributed by atoms with E-state index in [9.17, 15) is 8.42 Å². The van der Waals surface area contributed by atoms with Gasteiger partial charge in [-0.3, -0.25) is 4.28 Å². The molecule has 4 nitrogen and oxygen atoms in total. The summed E-state index contributed by atoms with van der Waals surface area (Å²) < 4.78 is 28.7. The topological polar surface area (TPSA) is 55.7 Å². The summed E-state index contributed by atoms with van der Waals surface area (Å²) in [5, 5.41) is 3.77. The molecule has 0 aromatic heterocycles. The van der Waals surface area contributed by atoms with Gasteiger partial charge in [0.05, 0.1) is 5.71 Å². The number of oxime groups is 1. The normalized spacial score (nSPS) is 15.6. The first-order valence-electron chi connectivity index (χ1n) is 6.22. The summed E-state index contributed by atoms with van der Waals surface area (Å²) in [4.78, 5) is 0.111. The molecule has 2 aromatic carbocycles. The zero-order chi connectivity index (χ0) is 14.2. The highest BCUT2D eigenvalue weighted by molar-refractivity contribution is 7.86. The molecule has 0 saturated heterocycles. The van der Waals surface area contributed by atoms with Crippen LogP contribution in [0.5, 0.6) is 0 Å². The molecule has 0 aliphatic heterocycles. The maximum atomic E-state index is 12.0. The largest absolute Gasteiger partial charge is 0.358 e. The van der Waals surface area contributed by atoms with Gasteiger partial charge in [-0.15, -0.1) is 0 Å². The van der Waals surface area contributed by atoms with Crippen molar-refractivity contribution in [3.8, 4) is 0 Å². The molecule has 0 fully saturated rings. The van der Waals surface area contributed by atoms with E-state index in [-0.39, 0.29) is 4.90 Å². The Morgan fingerprint density at radius 3 is 2.45 bits per heavy atom. The number of hydrogen-bond acceptors (Lipinski definition) is 4. The lowest BCUT2D eigenvalue weighted by molar-refractivity contribution is 0.337. The van der Waals surface area contributed by atoms with Gasteiger partial charge < -0.3 is 0 Å². The molecule has 0 unspecified atom stereocenters. The van der Waals surface area contributed by atoms with Gasteiger partial charge in [-0.25, -0.2) is 0 Å². The fourth-order valence-corrected chi connectivity index (χ4v) is 2.79. The first-order chi connectivity index (χ1) is 9.56. The highest BCUT2D eigenvalue weighted by atomic mass is 32.2. The monoisotopic (exact) mass is 287 g/mol. The van der Waals surface area contributed by atoms with Crippen LogP contribution in [0.4, 0.5) is 0 Å². The third-order valence-corrected chi connectivity index (χ3v) is 4.36. The second kappa shape index (κ2) is 4.76. The smallest absolute Gasteiger partial charge is 0.264 e. The Hall–Kier alpha value is -2.14. The number of nitrogens with zero attached hydrogens (tertiary/aromatic N) is 1. The first kappa shape index (κ1) is 12.9. The summed E-state index contributed by atoms with van der Waals surface area (Å²) >= 11 is 0. The maximum Gasteiger partial charge on any atom is 0.358 e. The summed E-state index contributed by atoms with van der Waals surface area (Å²) in [7, 11) is -3.84. The Kier molecular flexibility index (Phi) is 3.06. The molecule has 0 N–H and O–H groups in total. The van der Waals surface area contributed by atoms with Crippen molar-refractivity contribution in [3.05, 3.63) is 65.2 Å². The number of rotatable bonds is 3. The molecule has 1 aliphatic rings. The molecule has 0 amide bonds. The van der Waals surface area contributed by atoms with Gasteiger partial charge in [0.1, 0.15) is 4.90 Å². The predicted octanol–water partition coefficient (Wildman–Crippen LogP) is 2.66. The maximum absolute atomic E-state index is 12.0. The van der Waals surface area contributed by atoms with Crippen LogP contribution in [-0.4, -0.2) is 14.1 Å². The van der Waals surface area contributed by atoms with E-state index in [1.807, 2.05) is 31.2 Å². The molecule has 0 bridgehead atoms. The lowest BCUT2D eigenvalue weighted by Crippen LogP contribution is -2.20. The van der Waals surface area contributed by atoms with Crippen LogP contribution in [0.15, 0.2) is 58.6 Å². The Morgan fingerprint density at radius 1 is 1.05 bits per heavy atom. The van der Waals surface area contributed by atoms with Crippen molar-refractivity contribution in [2.75, 3.05) is 0 Å². The Labute approximate surface area is 117 Å². The average molecular weight is 287 g/mol. The van der Waals surface area contributed by atoms with Gasteiger partial charge >= 0.3 is 10.1 Å². The zero-order valence-electron chi connectivity index (χ0n) is 10.9. The quantitative estimate of drug-likeness (QED) is 0.815. The van der Waals surface area contributed by atoms with E-state index in [2.05, 4.69) is 5.16 Å². The Morgan fingerprint density at radius 2 is 1.75 bits per heavy atom. The van der Waals surface area contributed by atoms with Crippen LogP contribution in [0.2, 0.25) is 0 Å². The molecule has 0 heterocycles. The van der Waals surface area contributed by atoms with Crippen LogP contribution in [0.3, 0.4) is 0 Å². The highest BCUT2D eigenvalue weighted by Gasteiger charge is 2.23.